The first-order chi connectivity index (χ1) is 10.7. The van der Waals surface area contributed by atoms with Gasteiger partial charge in [-0.3, -0.25) is 9.98 Å². The van der Waals surface area contributed by atoms with Crippen LogP contribution < -0.4 is 0 Å². The van der Waals surface area contributed by atoms with Crippen LogP contribution >= 0.6 is 0 Å². The molecule has 0 bridgehead atoms. The summed E-state index contributed by atoms with van der Waals surface area (Å²) in [6, 6.07) is 2.22. The summed E-state index contributed by atoms with van der Waals surface area (Å²) >= 11 is 0. The van der Waals surface area contributed by atoms with E-state index in [9.17, 15) is 0 Å². The summed E-state index contributed by atoms with van der Waals surface area (Å²) in [6.07, 6.45) is 3.02. The third-order valence-corrected chi connectivity index (χ3v) is 3.85. The molecule has 0 unspecified atom stereocenters. The standard InChI is InChI=1S/C10H15N.C9H15N.C2H6/c1-7(2)10-5-8(3)6-11-9(10)4;1-6(2)9-5-7(3)10-8(9)4;1-2/h5-7H,1-4H3;6H,5H2,1-4H3;1-2H3. The van der Waals surface area contributed by atoms with E-state index < -0.39 is 0 Å². The highest BCUT2D eigenvalue weighted by Gasteiger charge is 2.13. The molecule has 1 aliphatic rings. The van der Waals surface area contributed by atoms with Crippen LogP contribution in [0.15, 0.2) is 28.5 Å². The number of nitrogens with zero attached hydrogens (tertiary/aromatic N) is 2. The molecule has 0 atom stereocenters. The number of aromatic nitrogens is 1. The second kappa shape index (κ2) is 10.4. The van der Waals surface area contributed by atoms with Crippen molar-refractivity contribution in [1.29, 1.82) is 0 Å². The molecule has 130 valence electrons. The Balaban J connectivity index is 0.000000381. The van der Waals surface area contributed by atoms with E-state index in [2.05, 4.69) is 71.4 Å². The maximum Gasteiger partial charge on any atom is 0.0407 e. The van der Waals surface area contributed by atoms with Crippen molar-refractivity contribution in [3.63, 3.8) is 0 Å². The summed E-state index contributed by atoms with van der Waals surface area (Å²) in [5, 5.41) is 0. The molecule has 2 heterocycles. The zero-order valence-corrected chi connectivity index (χ0v) is 16.9. The Morgan fingerprint density at radius 3 is 1.78 bits per heavy atom. The molecule has 2 nitrogen and oxygen atoms in total. The van der Waals surface area contributed by atoms with Crippen molar-refractivity contribution in [1.82, 2.24) is 4.98 Å². The molecule has 0 radical (unpaired) electrons. The Bertz CT molecular complexity index is 549. The van der Waals surface area contributed by atoms with E-state index in [0.717, 1.165) is 12.1 Å². The lowest BCUT2D eigenvalue weighted by molar-refractivity contribution is 0.748. The SMILES string of the molecule is CC.CC1=NC(C)=C(C(C)C)C1.Cc1cnc(C)c(C(C)C)c1. The van der Waals surface area contributed by atoms with Crippen molar-refractivity contribution in [3.8, 4) is 0 Å². The summed E-state index contributed by atoms with van der Waals surface area (Å²) < 4.78 is 0. The van der Waals surface area contributed by atoms with Crippen LogP contribution in [0.2, 0.25) is 0 Å². The van der Waals surface area contributed by atoms with Crippen molar-refractivity contribution in [2.75, 3.05) is 0 Å². The minimum atomic E-state index is 0.586. The van der Waals surface area contributed by atoms with Crippen LogP contribution in [0.4, 0.5) is 0 Å². The number of aryl methyl sites for hydroxylation is 2. The molecule has 0 saturated carbocycles. The highest BCUT2D eigenvalue weighted by atomic mass is 14.8. The molecule has 0 fully saturated rings. The molecule has 0 amide bonds. The van der Waals surface area contributed by atoms with Gasteiger partial charge >= 0.3 is 0 Å². The monoisotopic (exact) mass is 316 g/mol. The number of hydrogen-bond acceptors (Lipinski definition) is 2. The average Bonchev–Trinajstić information content (AvgIpc) is 2.83. The second-order valence-electron chi connectivity index (χ2n) is 6.63. The fourth-order valence-electron chi connectivity index (χ4n) is 2.67. The van der Waals surface area contributed by atoms with Crippen LogP contribution in [0.5, 0.6) is 0 Å². The number of rotatable bonds is 2. The molecule has 0 aromatic carbocycles. The lowest BCUT2D eigenvalue weighted by Gasteiger charge is -2.08. The van der Waals surface area contributed by atoms with Gasteiger partial charge in [0.1, 0.15) is 0 Å². The van der Waals surface area contributed by atoms with Crippen molar-refractivity contribution in [2.24, 2.45) is 10.9 Å². The fourth-order valence-corrected chi connectivity index (χ4v) is 2.67. The van der Waals surface area contributed by atoms with Gasteiger partial charge in [-0.1, -0.05) is 47.6 Å². The highest BCUT2D eigenvalue weighted by Crippen LogP contribution is 2.25. The third-order valence-electron chi connectivity index (χ3n) is 3.85. The minimum Gasteiger partial charge on any atom is -0.263 e. The highest BCUT2D eigenvalue weighted by molar-refractivity contribution is 5.87. The Labute approximate surface area is 144 Å². The van der Waals surface area contributed by atoms with E-state index in [0.29, 0.717) is 11.8 Å². The van der Waals surface area contributed by atoms with Gasteiger partial charge in [0.25, 0.3) is 0 Å². The average molecular weight is 317 g/mol. The zero-order chi connectivity index (χ0) is 18.2. The maximum absolute atomic E-state index is 4.39. The third kappa shape index (κ3) is 7.11. The number of hydrogen-bond donors (Lipinski definition) is 0. The van der Waals surface area contributed by atoms with E-state index in [1.165, 1.54) is 28.1 Å². The van der Waals surface area contributed by atoms with Gasteiger partial charge in [0.05, 0.1) is 0 Å². The molecule has 2 rings (SSSR count). The van der Waals surface area contributed by atoms with Gasteiger partial charge in [0, 0.05) is 29.7 Å². The van der Waals surface area contributed by atoms with Crippen LogP contribution in [0, 0.1) is 19.8 Å². The summed E-state index contributed by atoms with van der Waals surface area (Å²) in [7, 11) is 0. The van der Waals surface area contributed by atoms with Crippen LogP contribution in [-0.2, 0) is 0 Å². The van der Waals surface area contributed by atoms with E-state index >= 15 is 0 Å². The van der Waals surface area contributed by atoms with Gasteiger partial charge in [-0.15, -0.1) is 0 Å². The minimum absolute atomic E-state index is 0.586. The molecule has 0 spiro atoms. The molecule has 23 heavy (non-hydrogen) atoms. The molecular formula is C21H36N2. The van der Waals surface area contributed by atoms with Crippen molar-refractivity contribution >= 4 is 5.71 Å². The molecular weight excluding hydrogens is 280 g/mol. The molecule has 1 aromatic heterocycles. The number of aliphatic imine (C=N–C) groups is 1. The quantitative estimate of drug-likeness (QED) is 0.601. The normalized spacial score (nSPS) is 13.5. The van der Waals surface area contributed by atoms with Gasteiger partial charge in [-0.25, -0.2) is 0 Å². The molecule has 1 aliphatic heterocycles. The van der Waals surface area contributed by atoms with Crippen molar-refractivity contribution < 1.29 is 0 Å². The number of allylic oxidation sites excluding steroid dienone is 2. The smallest absolute Gasteiger partial charge is 0.0407 e. The van der Waals surface area contributed by atoms with Crippen molar-refractivity contribution in [2.45, 2.75) is 81.6 Å². The first-order valence-electron chi connectivity index (χ1n) is 8.89. The molecule has 0 aliphatic carbocycles. The van der Waals surface area contributed by atoms with Gasteiger partial charge in [0.15, 0.2) is 0 Å². The Hall–Kier alpha value is -1.44. The van der Waals surface area contributed by atoms with Crippen molar-refractivity contribution in [3.05, 3.63) is 40.4 Å². The Kier molecular flexibility index (Phi) is 9.71. The number of pyridine rings is 1. The van der Waals surface area contributed by atoms with Crippen LogP contribution in [0.1, 0.15) is 84.5 Å². The summed E-state index contributed by atoms with van der Waals surface area (Å²) in [5.74, 6) is 1.25. The molecule has 1 aromatic rings. The largest absolute Gasteiger partial charge is 0.263 e. The van der Waals surface area contributed by atoms with Gasteiger partial charge in [-0.05, 0) is 56.2 Å². The maximum atomic E-state index is 4.39. The lowest BCUT2D eigenvalue weighted by atomic mass is 9.99. The summed E-state index contributed by atoms with van der Waals surface area (Å²) in [6.45, 7) is 21.2. The molecule has 2 heteroatoms. The predicted molar refractivity (Wildman–Crippen MR) is 104 cm³/mol. The summed E-state index contributed by atoms with van der Waals surface area (Å²) in [5.41, 5.74) is 7.79. The lowest BCUT2D eigenvalue weighted by Crippen LogP contribution is -1.95. The second-order valence-corrected chi connectivity index (χ2v) is 6.63. The van der Waals surface area contributed by atoms with Gasteiger partial charge in [0.2, 0.25) is 0 Å². The van der Waals surface area contributed by atoms with E-state index in [1.54, 1.807) is 0 Å². The van der Waals surface area contributed by atoms with Gasteiger partial charge in [-0.2, -0.15) is 0 Å². The molecule has 0 N–H and O–H groups in total. The van der Waals surface area contributed by atoms with Crippen LogP contribution in [0.3, 0.4) is 0 Å². The van der Waals surface area contributed by atoms with Crippen LogP contribution in [0.25, 0.3) is 0 Å². The fraction of sp³-hybridized carbons (Fsp3) is 0.619. The Morgan fingerprint density at radius 1 is 0.913 bits per heavy atom. The predicted octanol–water partition coefficient (Wildman–Crippen LogP) is 6.63. The van der Waals surface area contributed by atoms with Crippen LogP contribution in [-0.4, -0.2) is 10.7 Å². The first-order valence-corrected chi connectivity index (χ1v) is 8.89. The summed E-state index contributed by atoms with van der Waals surface area (Å²) in [4.78, 5) is 8.69. The van der Waals surface area contributed by atoms with E-state index in [-0.39, 0.29) is 0 Å². The Morgan fingerprint density at radius 2 is 1.48 bits per heavy atom. The molecule has 0 saturated heterocycles. The van der Waals surface area contributed by atoms with E-state index in [4.69, 9.17) is 0 Å². The van der Waals surface area contributed by atoms with Gasteiger partial charge < -0.3 is 0 Å². The zero-order valence-electron chi connectivity index (χ0n) is 16.9. The first kappa shape index (κ1) is 21.6. The topological polar surface area (TPSA) is 25.2 Å². The van der Waals surface area contributed by atoms with E-state index in [1.807, 2.05) is 20.0 Å².